The van der Waals surface area contributed by atoms with Crippen molar-refractivity contribution in [3.8, 4) is 5.95 Å². The Labute approximate surface area is 174 Å². The molecule has 2 aromatic heterocycles. The summed E-state index contributed by atoms with van der Waals surface area (Å²) in [6.07, 6.45) is 1.74. The van der Waals surface area contributed by atoms with Crippen LogP contribution in [0.5, 0.6) is 0 Å². The number of carbonyl (C=O) groups is 1. The van der Waals surface area contributed by atoms with Gasteiger partial charge >= 0.3 is 6.09 Å². The molecule has 0 aliphatic carbocycles. The van der Waals surface area contributed by atoms with Gasteiger partial charge in [0, 0.05) is 24.4 Å². The molecule has 3 heterocycles. The zero-order valence-corrected chi connectivity index (χ0v) is 17.7. The Morgan fingerprint density at radius 1 is 1.30 bits per heavy atom. The lowest BCUT2D eigenvalue weighted by atomic mass is 9.97. The van der Waals surface area contributed by atoms with Crippen LogP contribution < -0.4 is 0 Å². The fraction of sp³-hybridized carbons (Fsp3) is 0.524. The first-order valence-electron chi connectivity index (χ1n) is 10.2. The molecule has 1 amide bonds. The molecular formula is C21H26FN5O3. The minimum atomic E-state index is -0.519. The summed E-state index contributed by atoms with van der Waals surface area (Å²) in [5.74, 6) is 0.347. The number of carbonyl (C=O) groups excluding carboxylic acids is 1. The third-order valence-corrected chi connectivity index (χ3v) is 5.18. The maximum Gasteiger partial charge on any atom is 0.410 e. The SMILES string of the molecule is CCc1nn(-c2noc(C3CCN(C(=O)OC(C)(C)C)CC3)n2)c2c(F)cccc12. The van der Waals surface area contributed by atoms with Crippen molar-refractivity contribution in [3.63, 3.8) is 0 Å². The van der Waals surface area contributed by atoms with Crippen molar-refractivity contribution < 1.29 is 18.4 Å². The summed E-state index contributed by atoms with van der Waals surface area (Å²) >= 11 is 0. The van der Waals surface area contributed by atoms with Crippen molar-refractivity contribution in [2.75, 3.05) is 13.1 Å². The molecule has 0 atom stereocenters. The summed E-state index contributed by atoms with van der Waals surface area (Å²) in [6, 6.07) is 4.91. The maximum absolute atomic E-state index is 14.5. The topological polar surface area (TPSA) is 86.3 Å². The molecule has 1 aliphatic heterocycles. The number of fused-ring (bicyclic) bond motifs is 1. The minimum Gasteiger partial charge on any atom is -0.444 e. The molecule has 0 radical (unpaired) electrons. The van der Waals surface area contributed by atoms with E-state index in [-0.39, 0.29) is 23.8 Å². The van der Waals surface area contributed by atoms with Gasteiger partial charge in [0.2, 0.25) is 5.89 Å². The monoisotopic (exact) mass is 415 g/mol. The lowest BCUT2D eigenvalue weighted by molar-refractivity contribution is 0.0198. The molecule has 0 spiro atoms. The molecular weight excluding hydrogens is 389 g/mol. The number of likely N-dealkylation sites (tertiary alicyclic amines) is 1. The van der Waals surface area contributed by atoms with E-state index >= 15 is 0 Å². The van der Waals surface area contributed by atoms with E-state index in [9.17, 15) is 9.18 Å². The zero-order valence-electron chi connectivity index (χ0n) is 17.7. The van der Waals surface area contributed by atoms with Crippen LogP contribution in [-0.2, 0) is 11.2 Å². The zero-order chi connectivity index (χ0) is 21.5. The molecule has 3 aromatic rings. The van der Waals surface area contributed by atoms with Gasteiger partial charge in [-0.05, 0) is 51.3 Å². The summed E-state index contributed by atoms with van der Waals surface area (Å²) in [5.41, 5.74) is 0.608. The highest BCUT2D eigenvalue weighted by atomic mass is 19.1. The lowest BCUT2D eigenvalue weighted by Crippen LogP contribution is -2.41. The van der Waals surface area contributed by atoms with E-state index in [0.717, 1.165) is 11.1 Å². The van der Waals surface area contributed by atoms with Gasteiger partial charge in [-0.1, -0.05) is 19.1 Å². The van der Waals surface area contributed by atoms with Gasteiger partial charge in [0.25, 0.3) is 5.95 Å². The van der Waals surface area contributed by atoms with Crippen LogP contribution in [0.25, 0.3) is 16.9 Å². The highest BCUT2D eigenvalue weighted by Crippen LogP contribution is 2.29. The largest absolute Gasteiger partial charge is 0.444 e. The quantitative estimate of drug-likeness (QED) is 0.636. The third kappa shape index (κ3) is 3.88. The van der Waals surface area contributed by atoms with Crippen LogP contribution in [0.3, 0.4) is 0 Å². The van der Waals surface area contributed by atoms with E-state index in [0.29, 0.717) is 43.8 Å². The number of aryl methyl sites for hydroxylation is 1. The normalized spacial score (nSPS) is 15.7. The Kier molecular flexibility index (Phi) is 5.21. The maximum atomic E-state index is 14.5. The highest BCUT2D eigenvalue weighted by Gasteiger charge is 2.30. The number of ether oxygens (including phenoxy) is 1. The predicted molar refractivity (Wildman–Crippen MR) is 108 cm³/mol. The van der Waals surface area contributed by atoms with E-state index in [2.05, 4.69) is 15.2 Å². The Morgan fingerprint density at radius 3 is 2.70 bits per heavy atom. The van der Waals surface area contributed by atoms with Crippen LogP contribution in [0.2, 0.25) is 0 Å². The Morgan fingerprint density at radius 2 is 2.03 bits per heavy atom. The van der Waals surface area contributed by atoms with Crippen molar-refractivity contribution in [1.29, 1.82) is 0 Å². The Hall–Kier alpha value is -2.97. The number of piperidine rings is 1. The van der Waals surface area contributed by atoms with E-state index in [1.165, 1.54) is 10.7 Å². The molecule has 160 valence electrons. The number of benzene rings is 1. The second-order valence-electron chi connectivity index (χ2n) is 8.52. The van der Waals surface area contributed by atoms with Crippen LogP contribution in [0.15, 0.2) is 22.7 Å². The van der Waals surface area contributed by atoms with Crippen molar-refractivity contribution in [3.05, 3.63) is 35.6 Å². The molecule has 1 fully saturated rings. The minimum absolute atomic E-state index is 0.0299. The van der Waals surface area contributed by atoms with Gasteiger partial charge in [-0.25, -0.2) is 9.18 Å². The van der Waals surface area contributed by atoms with E-state index in [1.54, 1.807) is 11.0 Å². The Bertz CT molecular complexity index is 1060. The molecule has 0 N–H and O–H groups in total. The van der Waals surface area contributed by atoms with Crippen LogP contribution in [-0.4, -0.2) is 49.6 Å². The van der Waals surface area contributed by atoms with Gasteiger partial charge in [-0.3, -0.25) is 0 Å². The highest BCUT2D eigenvalue weighted by molar-refractivity contribution is 5.83. The number of para-hydroxylation sites is 1. The van der Waals surface area contributed by atoms with E-state index in [4.69, 9.17) is 9.26 Å². The molecule has 0 unspecified atom stereocenters. The first kappa shape index (κ1) is 20.3. The van der Waals surface area contributed by atoms with Crippen LogP contribution in [0, 0.1) is 5.82 Å². The summed E-state index contributed by atoms with van der Waals surface area (Å²) in [5, 5.41) is 9.28. The number of rotatable bonds is 3. The first-order valence-corrected chi connectivity index (χ1v) is 10.2. The molecule has 1 saturated heterocycles. The second-order valence-corrected chi connectivity index (χ2v) is 8.52. The van der Waals surface area contributed by atoms with Gasteiger partial charge < -0.3 is 14.2 Å². The van der Waals surface area contributed by atoms with Crippen molar-refractivity contribution in [2.24, 2.45) is 0 Å². The predicted octanol–water partition coefficient (Wildman–Crippen LogP) is 4.22. The van der Waals surface area contributed by atoms with Gasteiger partial charge in [-0.2, -0.15) is 14.8 Å². The molecule has 8 nitrogen and oxygen atoms in total. The molecule has 9 heteroatoms. The van der Waals surface area contributed by atoms with Gasteiger partial charge in [0.15, 0.2) is 0 Å². The van der Waals surface area contributed by atoms with Crippen LogP contribution >= 0.6 is 0 Å². The summed E-state index contributed by atoms with van der Waals surface area (Å²) in [6.45, 7) is 8.63. The number of amides is 1. The lowest BCUT2D eigenvalue weighted by Gasteiger charge is -2.32. The Balaban J connectivity index is 1.51. The number of aromatic nitrogens is 4. The smallest absolute Gasteiger partial charge is 0.410 e. The van der Waals surface area contributed by atoms with E-state index < -0.39 is 5.60 Å². The van der Waals surface area contributed by atoms with Crippen molar-refractivity contribution >= 4 is 17.0 Å². The average molecular weight is 415 g/mol. The first-order chi connectivity index (χ1) is 14.3. The number of hydrogen-bond donors (Lipinski definition) is 0. The fourth-order valence-electron chi connectivity index (χ4n) is 3.71. The summed E-state index contributed by atoms with van der Waals surface area (Å²) in [7, 11) is 0. The molecule has 0 bridgehead atoms. The fourth-order valence-corrected chi connectivity index (χ4v) is 3.71. The molecule has 0 saturated carbocycles. The standard InChI is InChI=1S/C21H26FN5O3/c1-5-16-14-7-6-8-15(22)17(14)27(24-16)19-23-18(30-25-19)13-9-11-26(12-10-13)20(28)29-21(2,3)4/h6-8,13H,5,9-12H2,1-4H3. The summed E-state index contributed by atoms with van der Waals surface area (Å²) < 4.78 is 26.8. The van der Waals surface area contributed by atoms with Gasteiger partial charge in [-0.15, -0.1) is 0 Å². The van der Waals surface area contributed by atoms with Crippen molar-refractivity contribution in [1.82, 2.24) is 24.8 Å². The molecule has 30 heavy (non-hydrogen) atoms. The summed E-state index contributed by atoms with van der Waals surface area (Å²) in [4.78, 5) is 18.4. The second kappa shape index (κ2) is 7.70. The van der Waals surface area contributed by atoms with Gasteiger partial charge in [0.1, 0.15) is 16.9 Å². The number of nitrogens with zero attached hydrogens (tertiary/aromatic N) is 5. The number of halogens is 1. The van der Waals surface area contributed by atoms with Crippen molar-refractivity contribution in [2.45, 2.75) is 58.5 Å². The molecule has 1 aliphatic rings. The number of hydrogen-bond acceptors (Lipinski definition) is 6. The van der Waals surface area contributed by atoms with Crippen LogP contribution in [0.1, 0.15) is 58.0 Å². The average Bonchev–Trinajstić information content (AvgIpc) is 3.32. The van der Waals surface area contributed by atoms with Crippen LogP contribution in [0.4, 0.5) is 9.18 Å². The molecule has 1 aromatic carbocycles. The third-order valence-electron chi connectivity index (χ3n) is 5.18. The molecule has 4 rings (SSSR count). The van der Waals surface area contributed by atoms with Gasteiger partial charge in [0.05, 0.1) is 5.69 Å². The van der Waals surface area contributed by atoms with E-state index in [1.807, 2.05) is 33.8 Å².